The third-order valence-electron chi connectivity index (χ3n) is 3.77. The number of benzene rings is 1. The van der Waals surface area contributed by atoms with Crippen molar-refractivity contribution in [2.45, 2.75) is 45.1 Å². The van der Waals surface area contributed by atoms with E-state index in [-0.39, 0.29) is 11.3 Å². The molecule has 0 bridgehead atoms. The molecule has 2 rings (SSSR count). The summed E-state index contributed by atoms with van der Waals surface area (Å²) in [5.74, 6) is 0.175. The van der Waals surface area contributed by atoms with E-state index in [1.807, 2.05) is 13.8 Å². The highest BCUT2D eigenvalue weighted by atomic mass is 35.5. The zero-order chi connectivity index (χ0) is 11.9. The van der Waals surface area contributed by atoms with E-state index >= 15 is 0 Å². The van der Waals surface area contributed by atoms with Crippen LogP contribution in [-0.4, -0.2) is 5.11 Å². The van der Waals surface area contributed by atoms with Crippen LogP contribution >= 0.6 is 11.6 Å². The minimum atomic E-state index is -0.385. The number of phenolic OH excluding ortho intramolecular Hbond substituents is 1. The highest BCUT2D eigenvalue weighted by molar-refractivity contribution is 6.32. The molecule has 1 aromatic carbocycles. The molecule has 88 valence electrons. The molecule has 0 spiro atoms. The molecule has 1 aromatic rings. The summed E-state index contributed by atoms with van der Waals surface area (Å²) in [5, 5.41) is 10.5. The second-order valence-electron chi connectivity index (χ2n) is 4.89. The minimum Gasteiger partial charge on any atom is -0.506 e. The van der Waals surface area contributed by atoms with Crippen LogP contribution in [-0.2, 0) is 5.54 Å². The van der Waals surface area contributed by atoms with E-state index in [9.17, 15) is 5.11 Å². The first kappa shape index (κ1) is 11.7. The van der Waals surface area contributed by atoms with Gasteiger partial charge in [0.1, 0.15) is 5.75 Å². The number of aryl methyl sites for hydroxylation is 1. The summed E-state index contributed by atoms with van der Waals surface area (Å²) in [5.41, 5.74) is 9.04. The van der Waals surface area contributed by atoms with E-state index in [1.54, 1.807) is 6.07 Å². The summed E-state index contributed by atoms with van der Waals surface area (Å²) in [6.07, 6.45) is 4.12. The average Bonchev–Trinajstić information content (AvgIpc) is 2.63. The largest absolute Gasteiger partial charge is 0.506 e. The van der Waals surface area contributed by atoms with Crippen molar-refractivity contribution in [2.24, 2.45) is 5.73 Å². The molecule has 3 heteroatoms. The molecule has 1 aliphatic rings. The molecule has 0 saturated heterocycles. The first-order valence-corrected chi connectivity index (χ1v) is 6.11. The maximum absolute atomic E-state index is 10.1. The molecule has 16 heavy (non-hydrogen) atoms. The van der Waals surface area contributed by atoms with Crippen LogP contribution in [0, 0.1) is 13.8 Å². The van der Waals surface area contributed by atoms with E-state index in [0.29, 0.717) is 5.02 Å². The topological polar surface area (TPSA) is 46.2 Å². The number of phenols is 1. The maximum atomic E-state index is 10.1. The summed E-state index contributed by atoms with van der Waals surface area (Å²) in [7, 11) is 0. The molecule has 0 amide bonds. The average molecular weight is 240 g/mol. The summed E-state index contributed by atoms with van der Waals surface area (Å²) in [6.45, 7) is 4.01. The predicted octanol–water partition coefficient (Wildman–Crippen LogP) is 3.39. The lowest BCUT2D eigenvalue weighted by Gasteiger charge is -2.28. The van der Waals surface area contributed by atoms with Gasteiger partial charge >= 0.3 is 0 Å². The molecule has 2 nitrogen and oxygen atoms in total. The SMILES string of the molecule is Cc1cc(Cl)c(O)c(C2(N)CCCC2)c1C. The third-order valence-corrected chi connectivity index (χ3v) is 4.05. The van der Waals surface area contributed by atoms with E-state index in [4.69, 9.17) is 17.3 Å². The highest BCUT2D eigenvalue weighted by Gasteiger charge is 2.35. The standard InChI is InChI=1S/C13H18ClNO/c1-8-7-10(14)12(16)11(9(8)2)13(15)5-3-4-6-13/h7,16H,3-6,15H2,1-2H3. The van der Waals surface area contributed by atoms with Gasteiger partial charge in [-0.1, -0.05) is 24.4 Å². The number of halogens is 1. The van der Waals surface area contributed by atoms with Crippen LogP contribution in [0.15, 0.2) is 6.07 Å². The van der Waals surface area contributed by atoms with Crippen molar-refractivity contribution in [1.29, 1.82) is 0 Å². The molecule has 0 aromatic heterocycles. The second kappa shape index (κ2) is 3.94. The fraction of sp³-hybridized carbons (Fsp3) is 0.538. The number of nitrogens with two attached hydrogens (primary N) is 1. The number of hydrogen-bond acceptors (Lipinski definition) is 2. The van der Waals surface area contributed by atoms with Crippen LogP contribution < -0.4 is 5.73 Å². The molecular formula is C13H18ClNO. The van der Waals surface area contributed by atoms with Gasteiger partial charge in [-0.2, -0.15) is 0 Å². The van der Waals surface area contributed by atoms with Gasteiger partial charge < -0.3 is 10.8 Å². The zero-order valence-electron chi connectivity index (χ0n) is 9.81. The van der Waals surface area contributed by atoms with Gasteiger partial charge in [0.25, 0.3) is 0 Å². The van der Waals surface area contributed by atoms with E-state index in [0.717, 1.165) is 42.4 Å². The Hall–Kier alpha value is -0.730. The lowest BCUT2D eigenvalue weighted by atomic mass is 9.84. The molecule has 0 atom stereocenters. The number of aromatic hydroxyl groups is 1. The van der Waals surface area contributed by atoms with Crippen LogP contribution in [0.3, 0.4) is 0 Å². The smallest absolute Gasteiger partial charge is 0.139 e. The molecule has 0 unspecified atom stereocenters. The molecule has 0 radical (unpaired) electrons. The van der Waals surface area contributed by atoms with Gasteiger partial charge in [0.15, 0.2) is 0 Å². The molecule has 3 N–H and O–H groups in total. The van der Waals surface area contributed by atoms with Gasteiger partial charge in [-0.3, -0.25) is 0 Å². The summed E-state index contributed by atoms with van der Waals surface area (Å²) < 4.78 is 0. The molecule has 1 aliphatic carbocycles. The molecule has 0 aliphatic heterocycles. The van der Waals surface area contributed by atoms with Gasteiger partial charge in [-0.15, -0.1) is 0 Å². The Bertz CT molecular complexity index is 396. The fourth-order valence-electron chi connectivity index (χ4n) is 2.73. The van der Waals surface area contributed by atoms with Crippen molar-refractivity contribution in [3.8, 4) is 5.75 Å². The van der Waals surface area contributed by atoms with Crippen LogP contribution in [0.1, 0.15) is 42.4 Å². The van der Waals surface area contributed by atoms with E-state index < -0.39 is 0 Å². The molecule has 1 fully saturated rings. The first-order valence-electron chi connectivity index (χ1n) is 5.74. The Balaban J connectivity index is 2.63. The van der Waals surface area contributed by atoms with Crippen molar-refractivity contribution in [1.82, 2.24) is 0 Å². The number of rotatable bonds is 1. The lowest BCUT2D eigenvalue weighted by molar-refractivity contribution is 0.407. The van der Waals surface area contributed by atoms with Crippen molar-refractivity contribution < 1.29 is 5.11 Å². The minimum absolute atomic E-state index is 0.175. The summed E-state index contributed by atoms with van der Waals surface area (Å²) in [4.78, 5) is 0. The predicted molar refractivity (Wildman–Crippen MR) is 66.9 cm³/mol. The van der Waals surface area contributed by atoms with Crippen molar-refractivity contribution in [3.63, 3.8) is 0 Å². The first-order chi connectivity index (χ1) is 7.46. The van der Waals surface area contributed by atoms with Crippen LogP contribution in [0.5, 0.6) is 5.75 Å². The van der Waals surface area contributed by atoms with E-state index in [1.165, 1.54) is 0 Å². The maximum Gasteiger partial charge on any atom is 0.139 e. The van der Waals surface area contributed by atoms with Gasteiger partial charge in [-0.05, 0) is 43.9 Å². The van der Waals surface area contributed by atoms with Crippen LogP contribution in [0.2, 0.25) is 5.02 Å². The molecular weight excluding hydrogens is 222 g/mol. The molecule has 1 saturated carbocycles. The Morgan fingerprint density at radius 2 is 1.88 bits per heavy atom. The quantitative estimate of drug-likeness (QED) is 0.789. The Kier molecular flexibility index (Phi) is 2.89. The van der Waals surface area contributed by atoms with Crippen molar-refractivity contribution in [2.75, 3.05) is 0 Å². The summed E-state index contributed by atoms with van der Waals surface area (Å²) in [6, 6.07) is 1.80. The zero-order valence-corrected chi connectivity index (χ0v) is 10.6. The van der Waals surface area contributed by atoms with Crippen LogP contribution in [0.4, 0.5) is 0 Å². The lowest BCUT2D eigenvalue weighted by Crippen LogP contribution is -2.34. The second-order valence-corrected chi connectivity index (χ2v) is 5.29. The molecule has 0 heterocycles. The van der Waals surface area contributed by atoms with Gasteiger partial charge in [0.2, 0.25) is 0 Å². The van der Waals surface area contributed by atoms with Crippen molar-refractivity contribution >= 4 is 11.6 Å². The third kappa shape index (κ3) is 1.70. The Labute approximate surface area is 101 Å². The van der Waals surface area contributed by atoms with Gasteiger partial charge in [0.05, 0.1) is 5.02 Å². The number of hydrogen-bond donors (Lipinski definition) is 2. The highest BCUT2D eigenvalue weighted by Crippen LogP contribution is 2.45. The normalized spacial score (nSPS) is 19.0. The van der Waals surface area contributed by atoms with Crippen molar-refractivity contribution in [3.05, 3.63) is 27.8 Å². The Morgan fingerprint density at radius 1 is 1.31 bits per heavy atom. The fourth-order valence-corrected chi connectivity index (χ4v) is 2.98. The summed E-state index contributed by atoms with van der Waals surface area (Å²) >= 11 is 6.03. The van der Waals surface area contributed by atoms with Gasteiger partial charge in [-0.25, -0.2) is 0 Å². The van der Waals surface area contributed by atoms with Crippen LogP contribution in [0.25, 0.3) is 0 Å². The van der Waals surface area contributed by atoms with Gasteiger partial charge in [0, 0.05) is 11.1 Å². The van der Waals surface area contributed by atoms with E-state index in [2.05, 4.69) is 0 Å². The Morgan fingerprint density at radius 3 is 2.44 bits per heavy atom. The monoisotopic (exact) mass is 239 g/mol.